The lowest BCUT2D eigenvalue weighted by molar-refractivity contribution is 0.0216. The predicted molar refractivity (Wildman–Crippen MR) is 193 cm³/mol. The largest absolute Gasteiger partial charge is 0.444 e. The summed E-state index contributed by atoms with van der Waals surface area (Å²) in [5.41, 5.74) is 6.54. The minimum atomic E-state index is -0.533. The zero-order valence-corrected chi connectivity index (χ0v) is 30.1. The van der Waals surface area contributed by atoms with Crippen molar-refractivity contribution in [2.75, 3.05) is 42.5 Å². The van der Waals surface area contributed by atoms with Gasteiger partial charge in [-0.1, -0.05) is 0 Å². The van der Waals surface area contributed by atoms with Crippen molar-refractivity contribution < 1.29 is 19.1 Å². The van der Waals surface area contributed by atoms with Crippen LogP contribution in [0.3, 0.4) is 0 Å². The van der Waals surface area contributed by atoms with E-state index in [1.54, 1.807) is 0 Å². The zero-order valence-electron chi connectivity index (χ0n) is 30.1. The molecule has 7 rings (SSSR count). The van der Waals surface area contributed by atoms with E-state index in [1.807, 2.05) is 51.3 Å². The number of aliphatic imine (C=N–C) groups is 1. The molecule has 2 amide bonds. The molecule has 49 heavy (non-hydrogen) atoms. The first-order chi connectivity index (χ1) is 23.2. The summed E-state index contributed by atoms with van der Waals surface area (Å²) in [6.07, 6.45) is 3.93. The Morgan fingerprint density at radius 1 is 0.816 bits per heavy atom. The normalized spacial score (nSPS) is 22.9. The van der Waals surface area contributed by atoms with Gasteiger partial charge in [0.15, 0.2) is 0 Å². The number of rotatable bonds is 4. The van der Waals surface area contributed by atoms with Crippen molar-refractivity contribution in [3.8, 4) is 0 Å². The molecule has 3 atom stereocenters. The summed E-state index contributed by atoms with van der Waals surface area (Å²) < 4.78 is 11.4. The first-order valence-electron chi connectivity index (χ1n) is 17.9. The van der Waals surface area contributed by atoms with Crippen molar-refractivity contribution in [1.82, 2.24) is 19.8 Å². The third-order valence-corrected chi connectivity index (χ3v) is 9.97. The van der Waals surface area contributed by atoms with E-state index in [1.165, 1.54) is 16.9 Å². The summed E-state index contributed by atoms with van der Waals surface area (Å²) in [4.78, 5) is 47.9. The number of carbonyl (C=O) groups excluding carboxylic acids is 2. The second-order valence-electron chi connectivity index (χ2n) is 16.1. The van der Waals surface area contributed by atoms with Gasteiger partial charge in [-0.25, -0.2) is 14.6 Å². The number of aromatic amines is 1. The first-order valence-corrected chi connectivity index (χ1v) is 17.9. The molecule has 0 radical (unpaired) electrons. The Kier molecular flexibility index (Phi) is 8.51. The molecule has 3 saturated heterocycles. The van der Waals surface area contributed by atoms with E-state index in [-0.39, 0.29) is 24.3 Å². The number of likely N-dealkylation sites (tertiary alicyclic amines) is 2. The van der Waals surface area contributed by atoms with Gasteiger partial charge in [0.2, 0.25) is 0 Å². The third-order valence-electron chi connectivity index (χ3n) is 9.97. The van der Waals surface area contributed by atoms with Crippen molar-refractivity contribution in [2.45, 2.75) is 110 Å². The highest BCUT2D eigenvalue weighted by atomic mass is 16.6. The highest BCUT2D eigenvalue weighted by Crippen LogP contribution is 2.37. The highest BCUT2D eigenvalue weighted by Gasteiger charge is 2.38. The molecule has 3 fully saturated rings. The molecule has 0 aliphatic carbocycles. The van der Waals surface area contributed by atoms with Crippen LogP contribution in [0, 0.1) is 0 Å². The van der Waals surface area contributed by atoms with Crippen molar-refractivity contribution in [3.05, 3.63) is 47.8 Å². The zero-order chi connectivity index (χ0) is 34.7. The molecule has 4 aliphatic rings. The molecule has 262 valence electrons. The van der Waals surface area contributed by atoms with Crippen LogP contribution in [-0.4, -0.2) is 93.7 Å². The van der Waals surface area contributed by atoms with Gasteiger partial charge in [-0.15, -0.1) is 0 Å². The summed E-state index contributed by atoms with van der Waals surface area (Å²) in [6, 6.07) is 13.3. The van der Waals surface area contributed by atoms with Gasteiger partial charge >= 0.3 is 12.2 Å². The first kappa shape index (κ1) is 33.2. The van der Waals surface area contributed by atoms with Crippen molar-refractivity contribution >= 4 is 46.0 Å². The Morgan fingerprint density at radius 3 is 2.14 bits per heavy atom. The summed E-state index contributed by atoms with van der Waals surface area (Å²) >= 11 is 0. The summed E-state index contributed by atoms with van der Waals surface area (Å²) in [5.74, 6) is 0.822. The Balaban J connectivity index is 0.997. The van der Waals surface area contributed by atoms with Crippen LogP contribution in [0.1, 0.15) is 91.6 Å². The van der Waals surface area contributed by atoms with E-state index in [0.29, 0.717) is 19.1 Å². The number of H-pyrrole nitrogens is 1. The second kappa shape index (κ2) is 12.6. The van der Waals surface area contributed by atoms with Crippen LogP contribution in [-0.2, 0) is 15.9 Å². The van der Waals surface area contributed by atoms with Crippen LogP contribution in [0.15, 0.2) is 41.4 Å². The molecule has 3 aromatic rings. The van der Waals surface area contributed by atoms with Gasteiger partial charge in [-0.3, -0.25) is 14.8 Å². The lowest BCUT2D eigenvalue weighted by atomic mass is 10.0. The lowest BCUT2D eigenvalue weighted by Crippen LogP contribution is -2.52. The molecule has 0 unspecified atom stereocenters. The lowest BCUT2D eigenvalue weighted by Gasteiger charge is -2.42. The number of imidazole rings is 1. The number of ether oxygens (including phenoxy) is 2. The average Bonchev–Trinajstić information content (AvgIpc) is 3.83. The number of hydrogen-bond acceptors (Lipinski definition) is 8. The molecule has 2 aromatic carbocycles. The summed E-state index contributed by atoms with van der Waals surface area (Å²) in [6.45, 7) is 17.8. The van der Waals surface area contributed by atoms with Gasteiger partial charge in [-0.05, 0) is 116 Å². The molecule has 0 bridgehead atoms. The topological polar surface area (TPSA) is 107 Å². The highest BCUT2D eigenvalue weighted by molar-refractivity contribution is 6.00. The molecule has 0 saturated carbocycles. The Labute approximate surface area is 289 Å². The number of amides is 2. The molecule has 4 aliphatic heterocycles. The monoisotopic (exact) mass is 669 g/mol. The third kappa shape index (κ3) is 6.94. The fourth-order valence-corrected chi connectivity index (χ4v) is 7.77. The number of carbonyl (C=O) groups is 2. The maximum Gasteiger partial charge on any atom is 0.410 e. The fourth-order valence-electron chi connectivity index (χ4n) is 7.77. The second-order valence-corrected chi connectivity index (χ2v) is 16.1. The Bertz CT molecular complexity index is 1770. The Hall–Kier alpha value is -4.28. The van der Waals surface area contributed by atoms with Gasteiger partial charge in [0, 0.05) is 62.3 Å². The van der Waals surface area contributed by atoms with E-state index < -0.39 is 11.2 Å². The molecular weight excluding hydrogens is 618 g/mol. The molecular formula is C38H51N7O4. The van der Waals surface area contributed by atoms with Crippen LogP contribution in [0.5, 0.6) is 0 Å². The van der Waals surface area contributed by atoms with Crippen LogP contribution < -0.4 is 9.80 Å². The summed E-state index contributed by atoms with van der Waals surface area (Å²) in [7, 11) is 0. The van der Waals surface area contributed by atoms with E-state index >= 15 is 0 Å². The van der Waals surface area contributed by atoms with E-state index in [4.69, 9.17) is 19.5 Å². The number of nitrogens with one attached hydrogen (secondary N) is 1. The molecule has 11 nitrogen and oxygen atoms in total. The maximum atomic E-state index is 12.9. The summed E-state index contributed by atoms with van der Waals surface area (Å²) in [5, 5.41) is 0. The van der Waals surface area contributed by atoms with Gasteiger partial charge in [0.25, 0.3) is 0 Å². The molecule has 5 heterocycles. The standard InChI is InChI=1S/C38H51N7O4/c1-24-23-42(26-12-15-29-30(22-26)41-34(40-29)33-11-9-17-45(33)36(47)49-38(5,6)7)18-19-43(24)27-13-14-28-25(20-27)21-31(39-28)32-10-8-16-44(32)35(46)48-37(2,3)4/h12-15,20,22,24,32-33H,8-11,16-19,21,23H2,1-7H3,(H,40,41)/t24-,32+,33+/m1/s1. The quantitative estimate of drug-likeness (QED) is 0.309. The van der Waals surface area contributed by atoms with Crippen LogP contribution in [0.25, 0.3) is 11.0 Å². The van der Waals surface area contributed by atoms with Crippen molar-refractivity contribution in [1.29, 1.82) is 0 Å². The van der Waals surface area contributed by atoms with Gasteiger partial charge in [0.05, 0.1) is 28.8 Å². The van der Waals surface area contributed by atoms with Crippen LogP contribution in [0.4, 0.5) is 26.7 Å². The van der Waals surface area contributed by atoms with Gasteiger partial charge in [-0.2, -0.15) is 0 Å². The van der Waals surface area contributed by atoms with Gasteiger partial charge in [0.1, 0.15) is 17.0 Å². The number of piperazine rings is 1. The number of aromatic nitrogens is 2. The minimum Gasteiger partial charge on any atom is -0.444 e. The smallest absolute Gasteiger partial charge is 0.410 e. The van der Waals surface area contributed by atoms with Gasteiger partial charge < -0.3 is 24.3 Å². The number of fused-ring (bicyclic) bond motifs is 2. The Morgan fingerprint density at radius 2 is 1.47 bits per heavy atom. The predicted octanol–water partition coefficient (Wildman–Crippen LogP) is 7.38. The molecule has 1 aromatic heterocycles. The number of benzene rings is 2. The minimum absolute atomic E-state index is 0.00136. The SMILES string of the molecule is C[C@@H]1CN(c2ccc3nc([C@@H]4CCCN4C(=O)OC(C)(C)C)[nH]c3c2)CCN1c1ccc2c(c1)CC([C@@H]1CCCN1C(=O)OC(C)(C)C)=N2. The van der Waals surface area contributed by atoms with Crippen LogP contribution >= 0.6 is 0 Å². The average molecular weight is 670 g/mol. The van der Waals surface area contributed by atoms with Crippen molar-refractivity contribution in [3.63, 3.8) is 0 Å². The maximum absolute atomic E-state index is 12.9. The molecule has 11 heteroatoms. The number of anilines is 2. The fraction of sp³-hybridized carbons (Fsp3) is 0.579. The number of nitrogens with zero attached hydrogens (tertiary/aromatic N) is 6. The number of hydrogen-bond donors (Lipinski definition) is 1. The molecule has 1 N–H and O–H groups in total. The van der Waals surface area contributed by atoms with Crippen LogP contribution in [0.2, 0.25) is 0 Å². The van der Waals surface area contributed by atoms with E-state index in [9.17, 15) is 9.59 Å². The van der Waals surface area contributed by atoms with E-state index in [2.05, 4.69) is 58.1 Å². The molecule has 0 spiro atoms. The van der Waals surface area contributed by atoms with Crippen molar-refractivity contribution in [2.24, 2.45) is 4.99 Å². The van der Waals surface area contributed by atoms with E-state index in [0.717, 1.165) is 80.0 Å².